The summed E-state index contributed by atoms with van der Waals surface area (Å²) in [7, 11) is 0. The Balaban J connectivity index is 1.68. The molecule has 26 heavy (non-hydrogen) atoms. The van der Waals surface area contributed by atoms with Crippen LogP contribution in [0.25, 0.3) is 0 Å². The summed E-state index contributed by atoms with van der Waals surface area (Å²) < 4.78 is 6.65. The molecule has 0 aromatic heterocycles. The van der Waals surface area contributed by atoms with Gasteiger partial charge in [-0.1, -0.05) is 58.4 Å². The van der Waals surface area contributed by atoms with E-state index in [2.05, 4.69) is 15.9 Å². The van der Waals surface area contributed by atoms with Gasteiger partial charge in [0, 0.05) is 21.2 Å². The summed E-state index contributed by atoms with van der Waals surface area (Å²) >= 11 is 3.35. The highest BCUT2D eigenvalue weighted by molar-refractivity contribution is 9.10. The first kappa shape index (κ1) is 18.1. The van der Waals surface area contributed by atoms with Gasteiger partial charge in [0.05, 0.1) is 0 Å². The molecule has 0 saturated carbocycles. The molecule has 0 N–H and O–H groups in total. The molecule has 0 spiro atoms. The summed E-state index contributed by atoms with van der Waals surface area (Å²) in [6.45, 7) is 1.72. The molecule has 1 atom stereocenters. The number of carbonyl (C=O) groups excluding carboxylic acids is 2. The highest BCUT2D eigenvalue weighted by Crippen LogP contribution is 2.19. The van der Waals surface area contributed by atoms with Crippen molar-refractivity contribution in [2.24, 2.45) is 0 Å². The van der Waals surface area contributed by atoms with Gasteiger partial charge in [-0.15, -0.1) is 0 Å². The molecule has 0 heterocycles. The fraction of sp³-hybridized carbons (Fsp3) is 0.0909. The van der Waals surface area contributed by atoms with Crippen LogP contribution in [0.2, 0.25) is 0 Å². The Morgan fingerprint density at radius 3 is 1.92 bits per heavy atom. The molecule has 0 aliphatic carbocycles. The van der Waals surface area contributed by atoms with Crippen LogP contribution in [0.4, 0.5) is 0 Å². The van der Waals surface area contributed by atoms with Crippen LogP contribution in [0.3, 0.4) is 0 Å². The van der Waals surface area contributed by atoms with E-state index in [1.807, 2.05) is 30.3 Å². The lowest BCUT2D eigenvalue weighted by Gasteiger charge is -2.14. The van der Waals surface area contributed by atoms with Crippen LogP contribution < -0.4 is 4.74 Å². The molecule has 4 heteroatoms. The van der Waals surface area contributed by atoms with Gasteiger partial charge < -0.3 is 4.74 Å². The van der Waals surface area contributed by atoms with E-state index in [9.17, 15) is 9.59 Å². The Kier molecular flexibility index (Phi) is 5.64. The number of halogens is 1. The zero-order chi connectivity index (χ0) is 18.5. The van der Waals surface area contributed by atoms with Gasteiger partial charge >= 0.3 is 0 Å². The van der Waals surface area contributed by atoms with E-state index in [1.165, 1.54) is 0 Å². The number of Topliss-reactive ketones (excluding diaryl/α,β-unsaturated/α-hetero) is 1. The van der Waals surface area contributed by atoms with Crippen molar-refractivity contribution in [1.29, 1.82) is 0 Å². The molecule has 0 unspecified atom stereocenters. The van der Waals surface area contributed by atoms with Gasteiger partial charge in [-0.25, -0.2) is 0 Å². The maximum atomic E-state index is 12.4. The maximum absolute atomic E-state index is 12.4. The quantitative estimate of drug-likeness (QED) is 0.517. The van der Waals surface area contributed by atoms with Gasteiger partial charge in [0.2, 0.25) is 5.78 Å². The molecule has 3 aromatic carbocycles. The van der Waals surface area contributed by atoms with Crippen molar-refractivity contribution < 1.29 is 14.3 Å². The number of hydrogen-bond donors (Lipinski definition) is 0. The molecule has 0 aliphatic rings. The highest BCUT2D eigenvalue weighted by Gasteiger charge is 2.17. The third-order valence-electron chi connectivity index (χ3n) is 3.96. The smallest absolute Gasteiger partial charge is 0.202 e. The Bertz CT molecular complexity index is 900. The number of rotatable bonds is 6. The fourth-order valence-electron chi connectivity index (χ4n) is 2.55. The van der Waals surface area contributed by atoms with Crippen molar-refractivity contribution in [2.45, 2.75) is 13.0 Å². The molecular weight excluding hydrogens is 392 g/mol. The van der Waals surface area contributed by atoms with Crippen LogP contribution >= 0.6 is 15.9 Å². The molecular formula is C22H17BrO3. The summed E-state index contributed by atoms with van der Waals surface area (Å²) in [6, 6.07) is 23.1. The van der Waals surface area contributed by atoms with Gasteiger partial charge in [0.1, 0.15) is 5.75 Å². The second-order valence-electron chi connectivity index (χ2n) is 5.85. The van der Waals surface area contributed by atoms with Gasteiger partial charge in [-0.2, -0.15) is 0 Å². The average molecular weight is 409 g/mol. The zero-order valence-electron chi connectivity index (χ0n) is 14.2. The molecule has 3 rings (SSSR count). The van der Waals surface area contributed by atoms with Crippen molar-refractivity contribution in [3.8, 4) is 5.75 Å². The molecule has 0 amide bonds. The Morgan fingerprint density at radius 2 is 1.31 bits per heavy atom. The third kappa shape index (κ3) is 4.27. The van der Waals surface area contributed by atoms with Crippen molar-refractivity contribution >= 4 is 27.5 Å². The topological polar surface area (TPSA) is 43.4 Å². The van der Waals surface area contributed by atoms with E-state index in [1.54, 1.807) is 55.5 Å². The number of ether oxygens (including phenoxy) is 1. The van der Waals surface area contributed by atoms with Gasteiger partial charge in [0.15, 0.2) is 11.9 Å². The summed E-state index contributed by atoms with van der Waals surface area (Å²) in [5, 5.41) is 0. The minimum absolute atomic E-state index is 0.0452. The fourth-order valence-corrected chi connectivity index (χ4v) is 2.81. The van der Waals surface area contributed by atoms with Gasteiger partial charge in [-0.3, -0.25) is 9.59 Å². The second kappa shape index (κ2) is 8.11. The first-order chi connectivity index (χ1) is 12.5. The zero-order valence-corrected chi connectivity index (χ0v) is 15.8. The normalized spacial score (nSPS) is 11.6. The lowest BCUT2D eigenvalue weighted by molar-refractivity contribution is 0.0817. The lowest BCUT2D eigenvalue weighted by Crippen LogP contribution is -2.23. The molecule has 3 nitrogen and oxygen atoms in total. The average Bonchev–Trinajstić information content (AvgIpc) is 2.68. The monoisotopic (exact) mass is 408 g/mol. The van der Waals surface area contributed by atoms with E-state index in [-0.39, 0.29) is 11.6 Å². The maximum Gasteiger partial charge on any atom is 0.202 e. The van der Waals surface area contributed by atoms with Crippen LogP contribution in [-0.4, -0.2) is 17.7 Å². The molecule has 0 aliphatic heterocycles. The minimum atomic E-state index is -0.619. The van der Waals surface area contributed by atoms with Crippen LogP contribution in [0.1, 0.15) is 33.2 Å². The van der Waals surface area contributed by atoms with Crippen LogP contribution in [0.15, 0.2) is 83.3 Å². The van der Waals surface area contributed by atoms with Crippen molar-refractivity contribution in [1.82, 2.24) is 0 Å². The molecule has 0 fully saturated rings. The van der Waals surface area contributed by atoms with Gasteiger partial charge in [-0.05, 0) is 43.3 Å². The van der Waals surface area contributed by atoms with E-state index >= 15 is 0 Å². The SMILES string of the molecule is C[C@@H](Oc1ccc(C(=O)c2ccccc2)cc1)C(=O)c1ccc(Br)cc1. The number of carbonyl (C=O) groups is 2. The van der Waals surface area contributed by atoms with Crippen LogP contribution in [-0.2, 0) is 0 Å². The third-order valence-corrected chi connectivity index (χ3v) is 4.49. The summed E-state index contributed by atoms with van der Waals surface area (Å²) in [4.78, 5) is 24.8. The van der Waals surface area contributed by atoms with Crippen LogP contribution in [0.5, 0.6) is 5.75 Å². The largest absolute Gasteiger partial charge is 0.483 e. The summed E-state index contributed by atoms with van der Waals surface area (Å²) in [5.74, 6) is 0.408. The summed E-state index contributed by atoms with van der Waals surface area (Å²) in [6.07, 6.45) is -0.619. The van der Waals surface area contributed by atoms with E-state index in [0.717, 1.165) is 4.47 Å². The Labute approximate surface area is 160 Å². The standard InChI is InChI=1S/C22H17BrO3/c1-15(21(24)17-7-11-19(23)12-8-17)26-20-13-9-18(10-14-20)22(25)16-5-3-2-4-6-16/h2-15H,1H3/t15-/m1/s1. The van der Waals surface area contributed by atoms with Crippen molar-refractivity contribution in [2.75, 3.05) is 0 Å². The Morgan fingerprint density at radius 1 is 0.769 bits per heavy atom. The van der Waals surface area contributed by atoms with Crippen molar-refractivity contribution in [3.05, 3.63) is 100 Å². The van der Waals surface area contributed by atoms with E-state index in [4.69, 9.17) is 4.74 Å². The number of benzene rings is 3. The first-order valence-electron chi connectivity index (χ1n) is 8.21. The van der Waals surface area contributed by atoms with Crippen molar-refractivity contribution in [3.63, 3.8) is 0 Å². The Hall–Kier alpha value is -2.72. The minimum Gasteiger partial charge on any atom is -0.483 e. The molecule has 0 saturated heterocycles. The molecule has 130 valence electrons. The molecule has 0 bridgehead atoms. The predicted molar refractivity (Wildman–Crippen MR) is 105 cm³/mol. The first-order valence-corrected chi connectivity index (χ1v) is 9.00. The molecule has 3 aromatic rings. The lowest BCUT2D eigenvalue weighted by atomic mass is 10.0. The van der Waals surface area contributed by atoms with E-state index < -0.39 is 6.10 Å². The predicted octanol–water partition coefficient (Wildman–Crippen LogP) is 5.33. The highest BCUT2D eigenvalue weighted by atomic mass is 79.9. The molecule has 0 radical (unpaired) electrons. The summed E-state index contributed by atoms with van der Waals surface area (Å²) in [5.41, 5.74) is 1.81. The number of hydrogen-bond acceptors (Lipinski definition) is 3. The second-order valence-corrected chi connectivity index (χ2v) is 6.77. The van der Waals surface area contributed by atoms with E-state index in [0.29, 0.717) is 22.4 Å². The number of ketones is 2. The van der Waals surface area contributed by atoms with Crippen LogP contribution in [0, 0.1) is 0 Å². The van der Waals surface area contributed by atoms with Gasteiger partial charge in [0.25, 0.3) is 0 Å².